The molecule has 2 aromatic rings. The summed E-state index contributed by atoms with van der Waals surface area (Å²) in [6.45, 7) is 0. The molecule has 1 unspecified atom stereocenters. The van der Waals surface area contributed by atoms with Crippen LogP contribution in [-0.4, -0.2) is 19.3 Å². The molecule has 3 nitrogen and oxygen atoms in total. The van der Waals surface area contributed by atoms with Gasteiger partial charge in [-0.1, -0.05) is 18.2 Å². The third-order valence-electron chi connectivity index (χ3n) is 3.60. The highest BCUT2D eigenvalue weighted by Gasteiger charge is 2.40. The second kappa shape index (κ2) is 4.94. The lowest BCUT2D eigenvalue weighted by Gasteiger charge is -2.34. The molecular weight excluding hydrogens is 360 g/mol. The quantitative estimate of drug-likeness (QED) is 0.880. The van der Waals surface area contributed by atoms with Gasteiger partial charge in [-0.15, -0.1) is 11.3 Å². The number of hydrogen-bond donors (Lipinski definition) is 1. The van der Waals surface area contributed by atoms with Crippen LogP contribution in [0.1, 0.15) is 16.9 Å². The third-order valence-corrected chi connectivity index (χ3v) is 6.99. The normalized spacial score (nSPS) is 24.3. The van der Waals surface area contributed by atoms with Gasteiger partial charge in [0.15, 0.2) is 9.84 Å². The van der Waals surface area contributed by atoms with Crippen LogP contribution in [0, 0.1) is 0 Å². The van der Waals surface area contributed by atoms with E-state index in [0.29, 0.717) is 12.0 Å². The van der Waals surface area contributed by atoms with E-state index in [1.807, 2.05) is 12.1 Å². The lowest BCUT2D eigenvalue weighted by Crippen LogP contribution is -2.37. The summed E-state index contributed by atoms with van der Waals surface area (Å²) in [4.78, 5) is 1.30. The highest BCUT2D eigenvalue weighted by molar-refractivity contribution is 9.11. The molecule has 20 heavy (non-hydrogen) atoms. The molecule has 1 aromatic heterocycles. The summed E-state index contributed by atoms with van der Waals surface area (Å²) in [5, 5.41) is 10.9. The molecule has 0 amide bonds. The molecule has 1 aromatic carbocycles. The van der Waals surface area contributed by atoms with Gasteiger partial charge in [-0.25, -0.2) is 8.42 Å². The van der Waals surface area contributed by atoms with E-state index in [-0.39, 0.29) is 17.1 Å². The van der Waals surface area contributed by atoms with Gasteiger partial charge in [-0.05, 0) is 40.5 Å². The van der Waals surface area contributed by atoms with Crippen molar-refractivity contribution in [1.82, 2.24) is 0 Å². The van der Waals surface area contributed by atoms with Crippen LogP contribution in [0.2, 0.25) is 0 Å². The first-order valence-electron chi connectivity index (χ1n) is 6.20. The molecule has 3 rings (SSSR count). The van der Waals surface area contributed by atoms with Gasteiger partial charge in [-0.3, -0.25) is 0 Å². The average molecular weight is 373 g/mol. The smallest absolute Gasteiger partial charge is 0.178 e. The van der Waals surface area contributed by atoms with Gasteiger partial charge < -0.3 is 5.11 Å². The molecule has 0 fully saturated rings. The number of hydrogen-bond acceptors (Lipinski definition) is 4. The maximum atomic E-state index is 12.1. The fraction of sp³-hybridized carbons (Fsp3) is 0.286. The van der Waals surface area contributed by atoms with Crippen molar-refractivity contribution in [3.63, 3.8) is 0 Å². The number of thiophene rings is 1. The van der Waals surface area contributed by atoms with E-state index in [1.54, 1.807) is 35.6 Å². The van der Waals surface area contributed by atoms with E-state index in [2.05, 4.69) is 15.9 Å². The predicted molar refractivity (Wildman–Crippen MR) is 82.7 cm³/mol. The van der Waals surface area contributed by atoms with Crippen molar-refractivity contribution >= 4 is 37.1 Å². The summed E-state index contributed by atoms with van der Waals surface area (Å²) in [5.74, 6) is -0.00689. The van der Waals surface area contributed by atoms with Crippen LogP contribution in [0.3, 0.4) is 0 Å². The van der Waals surface area contributed by atoms with E-state index in [9.17, 15) is 13.5 Å². The van der Waals surface area contributed by atoms with Crippen molar-refractivity contribution in [3.8, 4) is 0 Å². The van der Waals surface area contributed by atoms with Crippen molar-refractivity contribution in [2.24, 2.45) is 0 Å². The van der Waals surface area contributed by atoms with Crippen molar-refractivity contribution in [3.05, 3.63) is 50.6 Å². The first kappa shape index (κ1) is 14.3. The summed E-state index contributed by atoms with van der Waals surface area (Å²) in [6.07, 6.45) is 0.678. The van der Waals surface area contributed by atoms with Gasteiger partial charge in [-0.2, -0.15) is 0 Å². The Morgan fingerprint density at radius 3 is 2.70 bits per heavy atom. The van der Waals surface area contributed by atoms with Gasteiger partial charge in [0.05, 0.1) is 20.0 Å². The highest BCUT2D eigenvalue weighted by atomic mass is 79.9. The third kappa shape index (κ3) is 2.45. The van der Waals surface area contributed by atoms with Crippen molar-refractivity contribution in [2.45, 2.75) is 23.3 Å². The number of aliphatic hydroxyl groups is 1. The lowest BCUT2D eigenvalue weighted by molar-refractivity contribution is 0.0291. The fourth-order valence-corrected chi connectivity index (χ4v) is 5.88. The largest absolute Gasteiger partial charge is 0.385 e. The zero-order valence-corrected chi connectivity index (χ0v) is 13.8. The van der Waals surface area contributed by atoms with Crippen LogP contribution >= 0.6 is 27.3 Å². The van der Waals surface area contributed by atoms with Gasteiger partial charge >= 0.3 is 0 Å². The minimum atomic E-state index is -3.27. The molecule has 106 valence electrons. The second-order valence-corrected chi connectivity index (χ2v) is 9.60. The molecule has 1 atom stereocenters. The first-order chi connectivity index (χ1) is 9.41. The topological polar surface area (TPSA) is 54.4 Å². The highest BCUT2D eigenvalue weighted by Crippen LogP contribution is 2.40. The lowest BCUT2D eigenvalue weighted by atomic mass is 9.87. The monoisotopic (exact) mass is 372 g/mol. The molecule has 6 heteroatoms. The van der Waals surface area contributed by atoms with Gasteiger partial charge in [0, 0.05) is 16.9 Å². The number of fused-ring (bicyclic) bond motifs is 1. The molecule has 0 spiro atoms. The van der Waals surface area contributed by atoms with Crippen LogP contribution in [0.5, 0.6) is 0 Å². The zero-order chi connectivity index (χ0) is 14.4. The molecule has 0 saturated carbocycles. The summed E-state index contributed by atoms with van der Waals surface area (Å²) in [5.41, 5.74) is -0.581. The molecule has 0 radical (unpaired) electrons. The van der Waals surface area contributed by atoms with E-state index < -0.39 is 15.4 Å². The maximum absolute atomic E-state index is 12.1. The zero-order valence-electron chi connectivity index (χ0n) is 10.5. The van der Waals surface area contributed by atoms with Crippen LogP contribution in [0.4, 0.5) is 0 Å². The minimum Gasteiger partial charge on any atom is -0.385 e. The Labute approximate surface area is 130 Å². The predicted octanol–water partition coefficient (Wildman–Crippen LogP) is 3.12. The summed E-state index contributed by atoms with van der Waals surface area (Å²) >= 11 is 4.97. The van der Waals surface area contributed by atoms with Gasteiger partial charge in [0.1, 0.15) is 0 Å². The number of benzene rings is 1. The van der Waals surface area contributed by atoms with Gasteiger partial charge in [0.2, 0.25) is 0 Å². The molecule has 1 aliphatic heterocycles. The Morgan fingerprint density at radius 2 is 2.00 bits per heavy atom. The molecule has 0 saturated heterocycles. The molecule has 1 aliphatic rings. The van der Waals surface area contributed by atoms with Crippen LogP contribution in [-0.2, 0) is 21.9 Å². The second-order valence-electron chi connectivity index (χ2n) is 4.98. The summed E-state index contributed by atoms with van der Waals surface area (Å²) < 4.78 is 25.2. The van der Waals surface area contributed by atoms with E-state index in [0.717, 1.165) is 8.66 Å². The summed E-state index contributed by atoms with van der Waals surface area (Å²) in [6, 6.07) is 10.7. The number of halogens is 1. The maximum Gasteiger partial charge on any atom is 0.178 e. The molecule has 0 bridgehead atoms. The summed E-state index contributed by atoms with van der Waals surface area (Å²) in [7, 11) is -3.27. The Hall–Kier alpha value is -0.690. The Kier molecular flexibility index (Phi) is 3.52. The molecule has 0 aliphatic carbocycles. The fourth-order valence-electron chi connectivity index (χ4n) is 2.59. The van der Waals surface area contributed by atoms with Gasteiger partial charge in [0.25, 0.3) is 0 Å². The standard InChI is InChI=1S/C14H13BrO3S2/c15-13-6-5-10(19-13)9-14(16)7-8-20(17,18)12-4-2-1-3-11(12)14/h1-6,16H,7-9H2. The molecule has 1 N–H and O–H groups in total. The van der Waals surface area contributed by atoms with Crippen LogP contribution < -0.4 is 0 Å². The van der Waals surface area contributed by atoms with E-state index in [1.165, 1.54) is 0 Å². The first-order valence-corrected chi connectivity index (χ1v) is 9.46. The van der Waals surface area contributed by atoms with Crippen LogP contribution in [0.15, 0.2) is 45.1 Å². The Balaban J connectivity index is 2.06. The van der Waals surface area contributed by atoms with Crippen LogP contribution in [0.25, 0.3) is 0 Å². The SMILES string of the molecule is O=S1(=O)CCC(O)(Cc2ccc(Br)s2)c2ccccc21. The number of sulfone groups is 1. The average Bonchev–Trinajstić information content (AvgIpc) is 2.81. The number of rotatable bonds is 2. The molecule has 2 heterocycles. The minimum absolute atomic E-state index is 0.00689. The van der Waals surface area contributed by atoms with Crippen molar-refractivity contribution in [1.29, 1.82) is 0 Å². The Morgan fingerprint density at radius 1 is 1.25 bits per heavy atom. The van der Waals surface area contributed by atoms with E-state index in [4.69, 9.17) is 0 Å². The van der Waals surface area contributed by atoms with Crippen molar-refractivity contribution < 1.29 is 13.5 Å². The van der Waals surface area contributed by atoms with Crippen molar-refractivity contribution in [2.75, 3.05) is 5.75 Å². The molecular formula is C14H13BrO3S2. The Bertz CT molecular complexity index is 751. The van der Waals surface area contributed by atoms with E-state index >= 15 is 0 Å².